The highest BCUT2D eigenvalue weighted by molar-refractivity contribution is 7.98. The molecule has 0 saturated heterocycles. The molecule has 0 spiro atoms. The quantitative estimate of drug-likeness (QED) is 0.448. The fraction of sp³-hybridized carbons (Fsp3) is 0.800. The minimum atomic E-state index is -0.802. The molecule has 3 nitrogen and oxygen atoms in total. The lowest BCUT2D eigenvalue weighted by molar-refractivity contribution is -0.407. The van der Waals surface area contributed by atoms with Gasteiger partial charge in [-0.1, -0.05) is 0 Å². The van der Waals surface area contributed by atoms with Crippen LogP contribution in [0.5, 0.6) is 0 Å². The second-order valence-corrected chi connectivity index (χ2v) is 2.80. The smallest absolute Gasteiger partial charge is 0.362 e. The molecule has 0 aliphatic heterocycles. The molecule has 0 aromatic carbocycles. The average molecular weight is 188 g/mol. The zero-order chi connectivity index (χ0) is 7.28. The SMILES string of the molecule is C[34S]CC[C@H]([NH3+])C(=O)O.[Cl-]. The summed E-state index contributed by atoms with van der Waals surface area (Å²) in [5.74, 6) is 0.0737. The zero-order valence-corrected chi connectivity index (χ0v) is 7.41. The van der Waals surface area contributed by atoms with Crippen LogP contribution in [-0.2, 0) is 4.79 Å². The Morgan fingerprint density at radius 3 is 2.60 bits per heavy atom. The number of thioether (sulfide) groups is 1. The molecule has 0 aliphatic rings. The lowest BCUT2D eigenvalue weighted by Gasteiger charge is -1.98. The molecule has 1 atom stereocenters. The molecular formula is C5H12ClNO2S. The normalized spacial score (nSPS) is 11.8. The van der Waals surface area contributed by atoms with Crippen LogP contribution in [0.1, 0.15) is 6.42 Å². The molecule has 4 N–H and O–H groups in total. The van der Waals surface area contributed by atoms with Crippen molar-refractivity contribution in [1.29, 1.82) is 0 Å². The maximum absolute atomic E-state index is 10.1. The third-order valence-corrected chi connectivity index (χ3v) is 1.66. The second-order valence-electron chi connectivity index (χ2n) is 1.82. The van der Waals surface area contributed by atoms with E-state index in [0.717, 1.165) is 5.75 Å². The maximum Gasteiger partial charge on any atom is 0.362 e. The van der Waals surface area contributed by atoms with Crippen molar-refractivity contribution in [2.24, 2.45) is 0 Å². The monoisotopic (exact) mass is 187 g/mol. The van der Waals surface area contributed by atoms with Crippen molar-refractivity contribution >= 4 is 17.7 Å². The highest BCUT2D eigenvalue weighted by Crippen LogP contribution is 1.96. The van der Waals surface area contributed by atoms with Crippen molar-refractivity contribution in [1.82, 2.24) is 0 Å². The number of rotatable bonds is 4. The summed E-state index contributed by atoms with van der Waals surface area (Å²) in [5.41, 5.74) is 3.46. The molecule has 0 bridgehead atoms. The van der Waals surface area contributed by atoms with Gasteiger partial charge < -0.3 is 23.2 Å². The molecule has 62 valence electrons. The van der Waals surface area contributed by atoms with E-state index in [1.807, 2.05) is 6.26 Å². The predicted octanol–water partition coefficient (Wildman–Crippen LogP) is -3.56. The molecule has 0 heterocycles. The molecule has 0 unspecified atom stereocenters. The summed E-state index contributed by atoms with van der Waals surface area (Å²) in [5, 5.41) is 8.34. The fourth-order valence-electron chi connectivity index (χ4n) is 0.384. The molecule has 0 amide bonds. The molecule has 0 aromatic heterocycles. The summed E-state index contributed by atoms with van der Waals surface area (Å²) in [6.45, 7) is 0. The highest BCUT2D eigenvalue weighted by atomic mass is 35.5. The van der Waals surface area contributed by atoms with Crippen molar-refractivity contribution in [3.05, 3.63) is 0 Å². The Bertz CT molecular complexity index is 102. The molecule has 5 heteroatoms. The summed E-state index contributed by atoms with van der Waals surface area (Å²) >= 11 is 1.64. The third kappa shape index (κ3) is 6.19. The molecule has 0 rings (SSSR count). The van der Waals surface area contributed by atoms with Crippen LogP contribution in [0.25, 0.3) is 0 Å². The van der Waals surface area contributed by atoms with E-state index in [4.69, 9.17) is 5.11 Å². The van der Waals surface area contributed by atoms with Gasteiger partial charge in [-0.25, -0.2) is 4.79 Å². The first-order valence-electron chi connectivity index (χ1n) is 2.73. The number of hydrogen-bond donors (Lipinski definition) is 2. The highest BCUT2D eigenvalue weighted by Gasteiger charge is 2.13. The number of carbonyl (C=O) groups is 1. The Morgan fingerprint density at radius 1 is 1.80 bits per heavy atom. The molecule has 10 heavy (non-hydrogen) atoms. The van der Waals surface area contributed by atoms with E-state index in [1.54, 1.807) is 11.8 Å². The lowest BCUT2D eigenvalue weighted by Crippen LogP contribution is -3.00. The van der Waals surface area contributed by atoms with Gasteiger partial charge in [-0.05, 0) is 12.0 Å². The number of hydrogen-bond acceptors (Lipinski definition) is 2. The first kappa shape index (κ1) is 12.7. The summed E-state index contributed by atoms with van der Waals surface area (Å²) in [6, 6.07) is -0.433. The van der Waals surface area contributed by atoms with Crippen LogP contribution in [0, 0.1) is 0 Å². The summed E-state index contributed by atoms with van der Waals surface area (Å²) in [4.78, 5) is 10.1. The fourth-order valence-corrected chi connectivity index (χ4v) is 0.904. The van der Waals surface area contributed by atoms with E-state index in [-0.39, 0.29) is 12.4 Å². The van der Waals surface area contributed by atoms with Gasteiger partial charge in [0.1, 0.15) is 0 Å². The van der Waals surface area contributed by atoms with E-state index in [2.05, 4.69) is 5.73 Å². The van der Waals surface area contributed by atoms with E-state index < -0.39 is 12.0 Å². The molecule has 0 saturated carbocycles. The molecule has 0 fully saturated rings. The van der Waals surface area contributed by atoms with Gasteiger partial charge in [-0.2, -0.15) is 11.8 Å². The van der Waals surface area contributed by atoms with Crippen LogP contribution in [0.2, 0.25) is 0 Å². The van der Waals surface area contributed by atoms with Gasteiger partial charge in [0.25, 0.3) is 0 Å². The number of quaternary nitrogens is 1. The Labute approximate surface area is 70.8 Å². The Kier molecular flexibility index (Phi) is 9.13. The van der Waals surface area contributed by atoms with Gasteiger partial charge in [0.15, 0.2) is 6.04 Å². The minimum absolute atomic E-state index is 0. The molecule has 0 radical (unpaired) electrons. The molecular weight excluding hydrogens is 175 g/mol. The van der Waals surface area contributed by atoms with Crippen molar-refractivity contribution in [3.8, 4) is 0 Å². The second kappa shape index (κ2) is 7.18. The molecule has 0 aliphatic carbocycles. The van der Waals surface area contributed by atoms with Crippen molar-refractivity contribution in [2.75, 3.05) is 12.0 Å². The van der Waals surface area contributed by atoms with Gasteiger partial charge in [0.05, 0.1) is 0 Å². The number of halogens is 1. The Hall–Kier alpha value is 0.0700. The van der Waals surface area contributed by atoms with E-state index in [1.165, 1.54) is 0 Å². The number of carboxylic acid groups (broad SMARTS) is 1. The van der Waals surface area contributed by atoms with Gasteiger partial charge in [0, 0.05) is 6.42 Å². The van der Waals surface area contributed by atoms with Crippen LogP contribution in [0.4, 0.5) is 0 Å². The van der Waals surface area contributed by atoms with Crippen LogP contribution in [0.3, 0.4) is 0 Å². The molecule has 0 aromatic rings. The summed E-state index contributed by atoms with van der Waals surface area (Å²) in [7, 11) is 0. The Balaban J connectivity index is 0. The zero-order valence-electron chi connectivity index (χ0n) is 5.84. The summed E-state index contributed by atoms with van der Waals surface area (Å²) in [6.07, 6.45) is 2.62. The minimum Gasteiger partial charge on any atom is -1.00 e. The first-order chi connectivity index (χ1) is 4.18. The van der Waals surface area contributed by atoms with Gasteiger partial charge >= 0.3 is 5.97 Å². The van der Waals surface area contributed by atoms with Gasteiger partial charge in [0.2, 0.25) is 0 Å². The van der Waals surface area contributed by atoms with Crippen LogP contribution in [0.15, 0.2) is 0 Å². The van der Waals surface area contributed by atoms with E-state index >= 15 is 0 Å². The lowest BCUT2D eigenvalue weighted by atomic mass is 10.2. The maximum atomic E-state index is 10.1. The number of aliphatic carboxylic acids is 1. The standard InChI is InChI=1S/C5H11NO2S.ClH/c1-9-3-2-4(6)5(7)8;/h4H,2-3,6H2,1H3,(H,7,8);1H/t4-;/m0./s1/i9+2;. The van der Waals surface area contributed by atoms with E-state index in [0.29, 0.717) is 6.42 Å². The van der Waals surface area contributed by atoms with Crippen LogP contribution < -0.4 is 18.1 Å². The topological polar surface area (TPSA) is 64.9 Å². The average Bonchev–Trinajstić information content (AvgIpc) is 1.82. The van der Waals surface area contributed by atoms with Crippen molar-refractivity contribution < 1.29 is 28.0 Å². The van der Waals surface area contributed by atoms with Crippen LogP contribution >= 0.6 is 11.8 Å². The Morgan fingerprint density at radius 2 is 2.30 bits per heavy atom. The predicted molar refractivity (Wildman–Crippen MR) is 37.3 cm³/mol. The van der Waals surface area contributed by atoms with E-state index in [9.17, 15) is 4.79 Å². The summed E-state index contributed by atoms with van der Waals surface area (Å²) < 4.78 is 0. The third-order valence-electron chi connectivity index (χ3n) is 1.02. The largest absolute Gasteiger partial charge is 1.00 e. The van der Waals surface area contributed by atoms with Gasteiger partial charge in [-0.15, -0.1) is 0 Å². The van der Waals surface area contributed by atoms with Crippen LogP contribution in [-0.4, -0.2) is 29.1 Å². The number of carboxylic acids is 1. The van der Waals surface area contributed by atoms with Gasteiger partial charge in [-0.3, -0.25) is 0 Å². The first-order valence-corrected chi connectivity index (χ1v) is 4.12. The van der Waals surface area contributed by atoms with Crippen molar-refractivity contribution in [3.63, 3.8) is 0 Å². The van der Waals surface area contributed by atoms with Crippen molar-refractivity contribution in [2.45, 2.75) is 12.5 Å².